The summed E-state index contributed by atoms with van der Waals surface area (Å²) in [6.45, 7) is 7.32. The monoisotopic (exact) mass is 340 g/mol. The maximum Gasteiger partial charge on any atom is 0.242 e. The Kier molecular flexibility index (Phi) is 7.01. The fraction of sp³-hybridized carbons (Fsp3) is 0.882. The highest BCUT2D eigenvalue weighted by Crippen LogP contribution is 2.40. The van der Waals surface area contributed by atoms with Crippen LogP contribution >= 0.6 is 0 Å². The van der Waals surface area contributed by atoms with Gasteiger partial charge in [-0.25, -0.2) is 0 Å². The summed E-state index contributed by atoms with van der Waals surface area (Å²) in [6.07, 6.45) is 3.94. The van der Waals surface area contributed by atoms with Crippen LogP contribution in [-0.4, -0.2) is 56.7 Å². The van der Waals surface area contributed by atoms with Gasteiger partial charge in [0.2, 0.25) is 11.8 Å². The minimum Gasteiger partial charge on any atom is -0.376 e. The third-order valence-electron chi connectivity index (χ3n) is 5.00. The Hall–Kier alpha value is -1.18. The summed E-state index contributed by atoms with van der Waals surface area (Å²) >= 11 is 0. The van der Waals surface area contributed by atoms with E-state index >= 15 is 0 Å². The molecule has 5 N–H and O–H groups in total. The average Bonchev–Trinajstić information content (AvgIpc) is 2.94. The van der Waals surface area contributed by atoms with Crippen molar-refractivity contribution in [1.82, 2.24) is 16.0 Å². The molecule has 1 unspecified atom stereocenters. The molecule has 0 bridgehead atoms. The second-order valence-corrected chi connectivity index (χ2v) is 7.59. The lowest BCUT2D eigenvalue weighted by molar-refractivity contribution is -0.129. The van der Waals surface area contributed by atoms with Gasteiger partial charge in [0.25, 0.3) is 0 Å². The first-order valence-electron chi connectivity index (χ1n) is 9.03. The van der Waals surface area contributed by atoms with Crippen molar-refractivity contribution in [3.8, 4) is 0 Å². The molecular weight excluding hydrogens is 308 g/mol. The molecule has 7 heteroatoms. The van der Waals surface area contributed by atoms with Crippen LogP contribution in [0.1, 0.15) is 39.5 Å². The molecule has 2 heterocycles. The fourth-order valence-electron chi connectivity index (χ4n) is 3.63. The molecule has 2 saturated heterocycles. The van der Waals surface area contributed by atoms with E-state index < -0.39 is 6.04 Å². The Morgan fingerprint density at radius 2 is 2.04 bits per heavy atom. The van der Waals surface area contributed by atoms with Gasteiger partial charge >= 0.3 is 0 Å². The van der Waals surface area contributed by atoms with Gasteiger partial charge in [0.05, 0.1) is 19.3 Å². The summed E-state index contributed by atoms with van der Waals surface area (Å²) in [5.41, 5.74) is 5.62. The molecule has 2 atom stereocenters. The van der Waals surface area contributed by atoms with Crippen LogP contribution < -0.4 is 21.7 Å². The van der Waals surface area contributed by atoms with E-state index in [2.05, 4.69) is 16.0 Å². The van der Waals surface area contributed by atoms with Crippen LogP contribution in [0.4, 0.5) is 0 Å². The second-order valence-electron chi connectivity index (χ2n) is 7.59. The molecule has 0 aliphatic carbocycles. The van der Waals surface area contributed by atoms with Gasteiger partial charge in [0.1, 0.15) is 6.04 Å². The summed E-state index contributed by atoms with van der Waals surface area (Å²) in [6, 6.07) is -0.532. The minimum atomic E-state index is -0.532. The van der Waals surface area contributed by atoms with Crippen molar-refractivity contribution in [3.63, 3.8) is 0 Å². The number of piperidine rings is 1. The average molecular weight is 340 g/mol. The van der Waals surface area contributed by atoms with Gasteiger partial charge in [-0.05, 0) is 50.1 Å². The van der Waals surface area contributed by atoms with Gasteiger partial charge in [0.15, 0.2) is 0 Å². The van der Waals surface area contributed by atoms with E-state index in [1.807, 2.05) is 13.8 Å². The number of nitrogens with two attached hydrogens (primary N) is 1. The van der Waals surface area contributed by atoms with Crippen molar-refractivity contribution in [2.24, 2.45) is 17.1 Å². The van der Waals surface area contributed by atoms with Crippen molar-refractivity contribution in [1.29, 1.82) is 0 Å². The van der Waals surface area contributed by atoms with Crippen molar-refractivity contribution in [3.05, 3.63) is 0 Å². The van der Waals surface area contributed by atoms with Crippen molar-refractivity contribution >= 4 is 11.8 Å². The lowest BCUT2D eigenvalue weighted by Crippen LogP contribution is -2.50. The van der Waals surface area contributed by atoms with Crippen LogP contribution in [0.25, 0.3) is 0 Å². The van der Waals surface area contributed by atoms with Gasteiger partial charge in [0, 0.05) is 6.54 Å². The zero-order valence-electron chi connectivity index (χ0n) is 14.9. The molecule has 138 valence electrons. The Morgan fingerprint density at radius 1 is 1.33 bits per heavy atom. The first kappa shape index (κ1) is 19.1. The molecule has 0 aromatic carbocycles. The van der Waals surface area contributed by atoms with E-state index in [-0.39, 0.29) is 29.9 Å². The maximum absolute atomic E-state index is 12.4. The lowest BCUT2D eigenvalue weighted by atomic mass is 9.77. The van der Waals surface area contributed by atoms with Crippen LogP contribution in [0.5, 0.6) is 0 Å². The molecule has 2 fully saturated rings. The van der Waals surface area contributed by atoms with Crippen LogP contribution in [0, 0.1) is 11.3 Å². The lowest BCUT2D eigenvalue weighted by Gasteiger charge is -2.32. The number of carbonyl (C=O) groups is 2. The highest BCUT2D eigenvalue weighted by atomic mass is 16.5. The number of hydrogen-bond donors (Lipinski definition) is 4. The van der Waals surface area contributed by atoms with Gasteiger partial charge in [-0.1, -0.05) is 13.8 Å². The molecule has 7 nitrogen and oxygen atoms in total. The van der Waals surface area contributed by atoms with E-state index in [1.54, 1.807) is 0 Å². The molecule has 2 aliphatic heterocycles. The molecule has 2 rings (SSSR count). The number of ether oxygens (including phenoxy) is 1. The van der Waals surface area contributed by atoms with Gasteiger partial charge in [-0.15, -0.1) is 0 Å². The van der Waals surface area contributed by atoms with Gasteiger partial charge in [-0.3, -0.25) is 9.59 Å². The largest absolute Gasteiger partial charge is 0.376 e. The topological polar surface area (TPSA) is 105 Å². The first-order chi connectivity index (χ1) is 11.4. The Morgan fingerprint density at radius 3 is 2.67 bits per heavy atom. The van der Waals surface area contributed by atoms with Crippen LogP contribution in [0.15, 0.2) is 0 Å². The summed E-state index contributed by atoms with van der Waals surface area (Å²) in [5.74, 6) is -0.151. The summed E-state index contributed by atoms with van der Waals surface area (Å²) in [4.78, 5) is 23.9. The molecule has 1 spiro atoms. The number of hydrogen-bond acceptors (Lipinski definition) is 5. The SMILES string of the molecule is CC(C)C[C@H](NC(=O)CN)C(=O)NCC1CC2(CCNCC2)CO1. The Labute approximate surface area is 144 Å². The second kappa shape index (κ2) is 8.78. The molecule has 24 heavy (non-hydrogen) atoms. The van der Waals surface area contributed by atoms with E-state index in [1.165, 1.54) is 0 Å². The van der Waals surface area contributed by atoms with Crippen molar-refractivity contribution < 1.29 is 14.3 Å². The van der Waals surface area contributed by atoms with Gasteiger partial charge < -0.3 is 26.4 Å². The molecule has 0 aromatic heterocycles. The zero-order chi connectivity index (χ0) is 17.6. The van der Waals surface area contributed by atoms with E-state index in [4.69, 9.17) is 10.5 Å². The van der Waals surface area contributed by atoms with Crippen molar-refractivity contribution in [2.75, 3.05) is 32.8 Å². The van der Waals surface area contributed by atoms with Crippen LogP contribution in [-0.2, 0) is 14.3 Å². The first-order valence-corrected chi connectivity index (χ1v) is 9.03. The van der Waals surface area contributed by atoms with Crippen LogP contribution in [0.3, 0.4) is 0 Å². The third kappa shape index (κ3) is 5.43. The quantitative estimate of drug-likeness (QED) is 0.511. The molecule has 2 aliphatic rings. The summed E-state index contributed by atoms with van der Waals surface area (Å²) in [7, 11) is 0. The molecule has 2 amide bonds. The molecule has 0 aromatic rings. The summed E-state index contributed by atoms with van der Waals surface area (Å²) in [5, 5.41) is 9.03. The fourth-order valence-corrected chi connectivity index (χ4v) is 3.63. The maximum atomic E-state index is 12.4. The highest BCUT2D eigenvalue weighted by molar-refractivity contribution is 5.88. The Bertz CT molecular complexity index is 436. The summed E-state index contributed by atoms with van der Waals surface area (Å²) < 4.78 is 5.91. The standard InChI is InChI=1S/C17H32N4O3/c1-12(2)7-14(21-15(22)9-18)16(23)20-10-13-8-17(11-24-13)3-5-19-6-4-17/h12-14,19H,3-11,18H2,1-2H3,(H,20,23)(H,21,22)/t13?,14-/m0/s1. The highest BCUT2D eigenvalue weighted by Gasteiger charge is 2.40. The zero-order valence-corrected chi connectivity index (χ0v) is 14.9. The predicted octanol–water partition coefficient (Wildman–Crippen LogP) is -0.249. The van der Waals surface area contributed by atoms with Crippen LogP contribution in [0.2, 0.25) is 0 Å². The van der Waals surface area contributed by atoms with E-state index in [0.29, 0.717) is 18.9 Å². The smallest absolute Gasteiger partial charge is 0.242 e. The van der Waals surface area contributed by atoms with E-state index in [0.717, 1.165) is 39.0 Å². The molecule has 0 saturated carbocycles. The minimum absolute atomic E-state index is 0.0666. The molecule has 0 radical (unpaired) electrons. The number of carbonyl (C=O) groups excluding carboxylic acids is 2. The number of amides is 2. The van der Waals surface area contributed by atoms with Gasteiger partial charge in [-0.2, -0.15) is 0 Å². The number of rotatable bonds is 7. The predicted molar refractivity (Wildman–Crippen MR) is 92.3 cm³/mol. The Balaban J connectivity index is 1.80. The normalized spacial score (nSPS) is 24.1. The number of nitrogens with one attached hydrogen (secondary N) is 3. The van der Waals surface area contributed by atoms with E-state index in [9.17, 15) is 9.59 Å². The third-order valence-corrected chi connectivity index (χ3v) is 5.00. The van der Waals surface area contributed by atoms with Crippen molar-refractivity contribution in [2.45, 2.75) is 51.7 Å². The molecular formula is C17H32N4O3.